The third kappa shape index (κ3) is 3.71. The van der Waals surface area contributed by atoms with Crippen LogP contribution in [-0.4, -0.2) is 23.4 Å². The maximum atomic E-state index is 10.1. The molecule has 2 rings (SSSR count). The Bertz CT molecular complexity index is 274. The molecule has 5 atom stereocenters. The van der Waals surface area contributed by atoms with Crippen molar-refractivity contribution in [1.82, 2.24) is 0 Å². The third-order valence-electron chi connectivity index (χ3n) is 4.73. The summed E-state index contributed by atoms with van der Waals surface area (Å²) < 4.78 is 6.27. The number of hydrogen-bond donors (Lipinski definition) is 1. The van der Waals surface area contributed by atoms with Gasteiger partial charge in [-0.1, -0.05) is 27.7 Å². The van der Waals surface area contributed by atoms with Crippen molar-refractivity contribution < 1.29 is 9.84 Å². The van der Waals surface area contributed by atoms with Gasteiger partial charge in [-0.15, -0.1) is 0 Å². The molecule has 2 nitrogen and oxygen atoms in total. The van der Waals surface area contributed by atoms with Gasteiger partial charge in [-0.3, -0.25) is 0 Å². The summed E-state index contributed by atoms with van der Waals surface area (Å²) in [7, 11) is 0. The summed E-state index contributed by atoms with van der Waals surface area (Å²) in [6.07, 6.45) is 6.92. The molecule has 2 saturated carbocycles. The van der Waals surface area contributed by atoms with E-state index in [1.165, 1.54) is 12.8 Å². The molecule has 0 radical (unpaired) electrons. The zero-order valence-corrected chi connectivity index (χ0v) is 12.5. The number of aliphatic hydroxyl groups is 1. The first-order valence-corrected chi connectivity index (χ1v) is 7.69. The van der Waals surface area contributed by atoms with E-state index in [0.717, 1.165) is 31.6 Å². The highest BCUT2D eigenvalue weighted by atomic mass is 16.5. The largest absolute Gasteiger partial charge is 0.390 e. The van der Waals surface area contributed by atoms with E-state index in [-0.39, 0.29) is 12.2 Å². The molecule has 2 aliphatic rings. The van der Waals surface area contributed by atoms with E-state index < -0.39 is 0 Å². The molecule has 0 saturated heterocycles. The normalized spacial score (nSPS) is 44.8. The van der Waals surface area contributed by atoms with Gasteiger partial charge in [-0.25, -0.2) is 0 Å². The molecule has 0 spiro atoms. The molecular formula is C16H30O2. The fourth-order valence-electron chi connectivity index (χ4n) is 4.07. The van der Waals surface area contributed by atoms with Crippen LogP contribution in [-0.2, 0) is 4.74 Å². The van der Waals surface area contributed by atoms with E-state index >= 15 is 0 Å². The van der Waals surface area contributed by atoms with Gasteiger partial charge in [-0.05, 0) is 55.8 Å². The number of hydrogen-bond acceptors (Lipinski definition) is 2. The van der Waals surface area contributed by atoms with Crippen LogP contribution >= 0.6 is 0 Å². The summed E-state index contributed by atoms with van der Waals surface area (Å²) in [5, 5.41) is 10.1. The van der Waals surface area contributed by atoms with Gasteiger partial charge in [0.2, 0.25) is 0 Å². The lowest BCUT2D eigenvalue weighted by atomic mass is 9.71. The van der Waals surface area contributed by atoms with Crippen LogP contribution in [0.2, 0.25) is 0 Å². The predicted octanol–water partition coefficient (Wildman–Crippen LogP) is 3.77. The average molecular weight is 254 g/mol. The van der Waals surface area contributed by atoms with Crippen LogP contribution in [0.3, 0.4) is 0 Å². The maximum Gasteiger partial charge on any atom is 0.0840 e. The Morgan fingerprint density at radius 3 is 2.39 bits per heavy atom. The van der Waals surface area contributed by atoms with Crippen LogP contribution in [0.4, 0.5) is 0 Å². The van der Waals surface area contributed by atoms with Crippen LogP contribution in [0.5, 0.6) is 0 Å². The highest BCUT2D eigenvalue weighted by Gasteiger charge is 2.36. The molecule has 1 N–H and O–H groups in total. The minimum Gasteiger partial charge on any atom is -0.390 e. The molecule has 0 aromatic carbocycles. The lowest BCUT2D eigenvalue weighted by Gasteiger charge is -2.42. The van der Waals surface area contributed by atoms with Crippen molar-refractivity contribution in [2.24, 2.45) is 17.3 Å². The second-order valence-electron chi connectivity index (χ2n) is 7.70. The first-order valence-electron chi connectivity index (χ1n) is 7.69. The van der Waals surface area contributed by atoms with E-state index in [0.29, 0.717) is 17.4 Å². The Kier molecular flexibility index (Phi) is 4.38. The molecule has 0 aromatic heterocycles. The summed E-state index contributed by atoms with van der Waals surface area (Å²) in [6.45, 7) is 9.30. The van der Waals surface area contributed by atoms with Crippen LogP contribution in [0.15, 0.2) is 0 Å². The summed E-state index contributed by atoms with van der Waals surface area (Å²) in [4.78, 5) is 0. The van der Waals surface area contributed by atoms with Gasteiger partial charge in [0.15, 0.2) is 0 Å². The summed E-state index contributed by atoms with van der Waals surface area (Å²) in [5.74, 6) is 1.45. The standard InChI is InChI=1S/C16H30O2/c1-11-5-6-14(17)15(8-11)18-13-7-12(2)9-16(3,4)10-13/h11-15,17H,5-10H2,1-4H3. The highest BCUT2D eigenvalue weighted by molar-refractivity contribution is 4.86. The Balaban J connectivity index is 1.91. The Morgan fingerprint density at radius 2 is 1.72 bits per heavy atom. The Morgan fingerprint density at radius 1 is 1.00 bits per heavy atom. The van der Waals surface area contributed by atoms with Crippen LogP contribution < -0.4 is 0 Å². The fraction of sp³-hybridized carbons (Fsp3) is 1.00. The molecular weight excluding hydrogens is 224 g/mol. The summed E-state index contributed by atoms with van der Waals surface area (Å²) in [6, 6.07) is 0. The van der Waals surface area contributed by atoms with Gasteiger partial charge in [0.05, 0.1) is 18.3 Å². The second-order valence-corrected chi connectivity index (χ2v) is 7.70. The van der Waals surface area contributed by atoms with Crippen molar-refractivity contribution >= 4 is 0 Å². The molecule has 5 unspecified atom stereocenters. The van der Waals surface area contributed by atoms with Crippen molar-refractivity contribution in [3.05, 3.63) is 0 Å². The molecule has 0 heterocycles. The molecule has 2 aliphatic carbocycles. The molecule has 0 bridgehead atoms. The van der Waals surface area contributed by atoms with Gasteiger partial charge in [0.25, 0.3) is 0 Å². The van der Waals surface area contributed by atoms with E-state index in [2.05, 4.69) is 27.7 Å². The van der Waals surface area contributed by atoms with Crippen molar-refractivity contribution in [2.75, 3.05) is 0 Å². The van der Waals surface area contributed by atoms with Gasteiger partial charge < -0.3 is 9.84 Å². The lowest BCUT2D eigenvalue weighted by molar-refractivity contribution is -0.127. The number of rotatable bonds is 2. The van der Waals surface area contributed by atoms with Gasteiger partial charge in [-0.2, -0.15) is 0 Å². The van der Waals surface area contributed by atoms with Crippen LogP contribution in [0.1, 0.15) is 66.2 Å². The van der Waals surface area contributed by atoms with E-state index in [9.17, 15) is 5.11 Å². The molecule has 0 aliphatic heterocycles. The molecule has 18 heavy (non-hydrogen) atoms. The van der Waals surface area contributed by atoms with Crippen LogP contribution in [0.25, 0.3) is 0 Å². The minimum absolute atomic E-state index is 0.0832. The van der Waals surface area contributed by atoms with Gasteiger partial charge in [0.1, 0.15) is 0 Å². The zero-order valence-electron chi connectivity index (χ0n) is 12.5. The second kappa shape index (κ2) is 5.50. The molecule has 2 fully saturated rings. The zero-order chi connectivity index (χ0) is 13.3. The fourth-order valence-corrected chi connectivity index (χ4v) is 4.07. The van der Waals surface area contributed by atoms with Gasteiger partial charge in [0, 0.05) is 0 Å². The maximum absolute atomic E-state index is 10.1. The smallest absolute Gasteiger partial charge is 0.0840 e. The minimum atomic E-state index is -0.235. The van der Waals surface area contributed by atoms with Gasteiger partial charge >= 0.3 is 0 Å². The SMILES string of the molecule is CC1CCC(O)C(OC2CC(C)CC(C)(C)C2)C1. The molecule has 0 aromatic rings. The Hall–Kier alpha value is -0.0800. The topological polar surface area (TPSA) is 29.5 Å². The summed E-state index contributed by atoms with van der Waals surface area (Å²) in [5.41, 5.74) is 0.396. The molecule has 0 amide bonds. The van der Waals surface area contributed by atoms with E-state index in [1.54, 1.807) is 0 Å². The highest BCUT2D eigenvalue weighted by Crippen LogP contribution is 2.41. The molecule has 2 heteroatoms. The first-order chi connectivity index (χ1) is 8.35. The lowest BCUT2D eigenvalue weighted by Crippen LogP contribution is -2.41. The number of ether oxygens (including phenoxy) is 1. The van der Waals surface area contributed by atoms with Crippen molar-refractivity contribution in [3.63, 3.8) is 0 Å². The average Bonchev–Trinajstić information content (AvgIpc) is 2.20. The van der Waals surface area contributed by atoms with Crippen LogP contribution in [0, 0.1) is 17.3 Å². The monoisotopic (exact) mass is 254 g/mol. The predicted molar refractivity (Wildman–Crippen MR) is 74.5 cm³/mol. The van der Waals surface area contributed by atoms with E-state index in [1.807, 2.05) is 0 Å². The first kappa shape index (κ1) is 14.3. The third-order valence-corrected chi connectivity index (χ3v) is 4.73. The quantitative estimate of drug-likeness (QED) is 0.813. The van der Waals surface area contributed by atoms with Crippen molar-refractivity contribution in [1.29, 1.82) is 0 Å². The number of aliphatic hydroxyl groups excluding tert-OH is 1. The van der Waals surface area contributed by atoms with Crippen molar-refractivity contribution in [3.8, 4) is 0 Å². The Labute approximate surface area is 112 Å². The molecule has 106 valence electrons. The van der Waals surface area contributed by atoms with Crippen molar-refractivity contribution in [2.45, 2.75) is 84.5 Å². The summed E-state index contributed by atoms with van der Waals surface area (Å²) >= 11 is 0. The van der Waals surface area contributed by atoms with E-state index in [4.69, 9.17) is 4.74 Å².